The molecule has 1 saturated carbocycles. The van der Waals surface area contributed by atoms with Gasteiger partial charge in [0, 0.05) is 12.3 Å². The van der Waals surface area contributed by atoms with Crippen LogP contribution in [-0.4, -0.2) is 23.2 Å². The van der Waals surface area contributed by atoms with E-state index in [-0.39, 0.29) is 5.78 Å². The van der Waals surface area contributed by atoms with Crippen LogP contribution in [0, 0.1) is 11.8 Å². The van der Waals surface area contributed by atoms with Gasteiger partial charge in [-0.3, -0.25) is 4.79 Å². The molecule has 2 nitrogen and oxygen atoms in total. The molecule has 1 N–H and O–H groups in total. The van der Waals surface area contributed by atoms with E-state index in [0.29, 0.717) is 18.8 Å². The van der Waals surface area contributed by atoms with Crippen LogP contribution >= 0.6 is 0 Å². The molecule has 0 bridgehead atoms. The molecule has 0 radical (unpaired) electrons. The van der Waals surface area contributed by atoms with E-state index in [4.69, 9.17) is 5.11 Å². The van der Waals surface area contributed by atoms with Gasteiger partial charge in [-0.15, -0.1) is 0 Å². The number of alkyl halides is 3. The molecule has 100 valence electrons. The van der Waals surface area contributed by atoms with Gasteiger partial charge in [-0.25, -0.2) is 0 Å². The van der Waals surface area contributed by atoms with Crippen LogP contribution in [0.3, 0.4) is 0 Å². The molecule has 0 aromatic carbocycles. The standard InChI is InChI=1S/C12H19F3O2/c1-2-3-8-4-5-10(16)9(6-8)7-11(17)12(13,14)15/h8-9,11,17H,2-7H2,1H3. The molecule has 1 rings (SSSR count). The summed E-state index contributed by atoms with van der Waals surface area (Å²) < 4.78 is 36.6. The highest BCUT2D eigenvalue weighted by Crippen LogP contribution is 2.34. The Labute approximate surface area is 99.2 Å². The van der Waals surface area contributed by atoms with Crippen LogP contribution in [0.4, 0.5) is 13.2 Å². The van der Waals surface area contributed by atoms with E-state index in [1.807, 2.05) is 6.92 Å². The number of ketones is 1. The van der Waals surface area contributed by atoms with Crippen molar-refractivity contribution in [3.63, 3.8) is 0 Å². The van der Waals surface area contributed by atoms with Gasteiger partial charge in [0.15, 0.2) is 6.10 Å². The van der Waals surface area contributed by atoms with E-state index in [1.165, 1.54) is 0 Å². The number of carbonyl (C=O) groups is 1. The molecule has 5 heteroatoms. The third-order valence-corrected chi connectivity index (χ3v) is 3.45. The highest BCUT2D eigenvalue weighted by molar-refractivity contribution is 5.81. The topological polar surface area (TPSA) is 37.3 Å². The van der Waals surface area contributed by atoms with Gasteiger partial charge in [0.05, 0.1) is 0 Å². The molecular formula is C12H19F3O2. The molecule has 3 unspecified atom stereocenters. The Hall–Kier alpha value is -0.580. The molecule has 0 heterocycles. The summed E-state index contributed by atoms with van der Waals surface area (Å²) in [5, 5.41) is 8.99. The second-order valence-corrected chi connectivity index (χ2v) is 4.89. The first-order chi connectivity index (χ1) is 7.84. The highest BCUT2D eigenvalue weighted by atomic mass is 19.4. The van der Waals surface area contributed by atoms with Gasteiger partial charge in [-0.2, -0.15) is 13.2 Å². The minimum absolute atomic E-state index is 0.124. The fourth-order valence-corrected chi connectivity index (χ4v) is 2.50. The summed E-state index contributed by atoms with van der Waals surface area (Å²) in [6.07, 6.45) is -3.87. The van der Waals surface area contributed by atoms with E-state index in [9.17, 15) is 18.0 Å². The van der Waals surface area contributed by atoms with Crippen molar-refractivity contribution < 1.29 is 23.1 Å². The number of hydrogen-bond acceptors (Lipinski definition) is 2. The second kappa shape index (κ2) is 5.85. The monoisotopic (exact) mass is 252 g/mol. The number of halogens is 3. The van der Waals surface area contributed by atoms with Gasteiger partial charge >= 0.3 is 6.18 Å². The Morgan fingerprint density at radius 1 is 1.47 bits per heavy atom. The Bertz CT molecular complexity index is 263. The summed E-state index contributed by atoms with van der Waals surface area (Å²) >= 11 is 0. The number of aliphatic hydroxyl groups excluding tert-OH is 1. The van der Waals surface area contributed by atoms with Crippen LogP contribution in [0.25, 0.3) is 0 Å². The fourth-order valence-electron chi connectivity index (χ4n) is 2.50. The van der Waals surface area contributed by atoms with Gasteiger partial charge < -0.3 is 5.11 Å². The lowest BCUT2D eigenvalue weighted by molar-refractivity contribution is -0.209. The lowest BCUT2D eigenvalue weighted by atomic mass is 9.76. The number of hydrogen-bond donors (Lipinski definition) is 1. The molecule has 0 saturated heterocycles. The van der Waals surface area contributed by atoms with Crippen molar-refractivity contribution in [1.82, 2.24) is 0 Å². The lowest BCUT2D eigenvalue weighted by Gasteiger charge is -2.29. The molecule has 1 fully saturated rings. The Kier molecular flexibility index (Phi) is 4.98. The van der Waals surface area contributed by atoms with Gasteiger partial charge in [0.2, 0.25) is 0 Å². The van der Waals surface area contributed by atoms with E-state index in [0.717, 1.165) is 19.3 Å². The zero-order chi connectivity index (χ0) is 13.1. The number of carbonyl (C=O) groups excluding carboxylic acids is 1. The summed E-state index contributed by atoms with van der Waals surface area (Å²) in [4.78, 5) is 11.5. The Morgan fingerprint density at radius 3 is 2.65 bits per heavy atom. The van der Waals surface area contributed by atoms with Crippen LogP contribution < -0.4 is 0 Å². The maximum atomic E-state index is 12.2. The minimum atomic E-state index is -4.61. The predicted octanol–water partition coefficient (Wildman–Crippen LogP) is 3.09. The lowest BCUT2D eigenvalue weighted by Crippen LogP contribution is -2.35. The number of aliphatic hydroxyl groups is 1. The highest BCUT2D eigenvalue weighted by Gasteiger charge is 2.41. The van der Waals surface area contributed by atoms with Gasteiger partial charge in [-0.1, -0.05) is 19.8 Å². The summed E-state index contributed by atoms with van der Waals surface area (Å²) in [6.45, 7) is 2.02. The largest absolute Gasteiger partial charge is 0.414 e. The fraction of sp³-hybridized carbons (Fsp3) is 0.917. The molecule has 1 aliphatic rings. The van der Waals surface area contributed by atoms with Gasteiger partial charge in [0.1, 0.15) is 5.78 Å². The Balaban J connectivity index is 2.53. The molecule has 1 aliphatic carbocycles. The average molecular weight is 252 g/mol. The molecule has 17 heavy (non-hydrogen) atoms. The molecule has 0 spiro atoms. The van der Waals surface area contributed by atoms with Crippen LogP contribution in [0.2, 0.25) is 0 Å². The predicted molar refractivity (Wildman–Crippen MR) is 57.4 cm³/mol. The van der Waals surface area contributed by atoms with Crippen molar-refractivity contribution in [2.24, 2.45) is 11.8 Å². The van der Waals surface area contributed by atoms with Crippen molar-refractivity contribution in [2.45, 2.75) is 57.7 Å². The molecule has 3 atom stereocenters. The van der Waals surface area contributed by atoms with Crippen molar-refractivity contribution >= 4 is 5.78 Å². The number of rotatable bonds is 4. The molecule has 0 aliphatic heterocycles. The van der Waals surface area contributed by atoms with Crippen LogP contribution in [0.1, 0.15) is 45.4 Å². The summed E-state index contributed by atoms with van der Waals surface area (Å²) in [5.41, 5.74) is 0. The van der Waals surface area contributed by atoms with Crippen molar-refractivity contribution in [1.29, 1.82) is 0 Å². The summed E-state index contributed by atoms with van der Waals surface area (Å²) in [6, 6.07) is 0. The zero-order valence-electron chi connectivity index (χ0n) is 9.96. The average Bonchev–Trinajstić information content (AvgIpc) is 2.22. The molecular weight excluding hydrogens is 233 g/mol. The first-order valence-corrected chi connectivity index (χ1v) is 6.12. The van der Waals surface area contributed by atoms with Gasteiger partial charge in [0.25, 0.3) is 0 Å². The van der Waals surface area contributed by atoms with E-state index in [2.05, 4.69) is 0 Å². The quantitative estimate of drug-likeness (QED) is 0.834. The number of Topliss-reactive ketones (excluding diaryl/α,β-unsaturated/α-hetero) is 1. The smallest absolute Gasteiger partial charge is 0.384 e. The minimum Gasteiger partial charge on any atom is -0.384 e. The zero-order valence-corrected chi connectivity index (χ0v) is 9.96. The maximum Gasteiger partial charge on any atom is 0.414 e. The molecule has 0 aromatic heterocycles. The molecule has 0 amide bonds. The van der Waals surface area contributed by atoms with Crippen LogP contribution in [0.5, 0.6) is 0 Å². The van der Waals surface area contributed by atoms with E-state index < -0.39 is 24.6 Å². The van der Waals surface area contributed by atoms with Crippen LogP contribution in [0.15, 0.2) is 0 Å². The van der Waals surface area contributed by atoms with Crippen molar-refractivity contribution in [3.8, 4) is 0 Å². The maximum absolute atomic E-state index is 12.2. The first kappa shape index (κ1) is 14.5. The second-order valence-electron chi connectivity index (χ2n) is 4.89. The Morgan fingerprint density at radius 2 is 2.12 bits per heavy atom. The third-order valence-electron chi connectivity index (χ3n) is 3.45. The summed E-state index contributed by atoms with van der Waals surface area (Å²) in [7, 11) is 0. The summed E-state index contributed by atoms with van der Waals surface area (Å²) in [5.74, 6) is -0.402. The first-order valence-electron chi connectivity index (χ1n) is 6.12. The van der Waals surface area contributed by atoms with Crippen molar-refractivity contribution in [2.75, 3.05) is 0 Å². The van der Waals surface area contributed by atoms with E-state index >= 15 is 0 Å². The SMILES string of the molecule is CCCC1CCC(=O)C(CC(O)C(F)(F)F)C1. The third kappa shape index (κ3) is 4.30. The normalized spacial score (nSPS) is 28.2. The van der Waals surface area contributed by atoms with E-state index in [1.54, 1.807) is 0 Å². The van der Waals surface area contributed by atoms with Crippen molar-refractivity contribution in [3.05, 3.63) is 0 Å². The molecule has 0 aromatic rings. The van der Waals surface area contributed by atoms with Crippen LogP contribution in [-0.2, 0) is 4.79 Å². The van der Waals surface area contributed by atoms with Gasteiger partial charge in [-0.05, 0) is 25.2 Å².